The molecule has 2 saturated heterocycles. The summed E-state index contributed by atoms with van der Waals surface area (Å²) in [6, 6.07) is 6.18. The van der Waals surface area contributed by atoms with Crippen LogP contribution in [0.2, 0.25) is 0 Å². The van der Waals surface area contributed by atoms with E-state index in [0.717, 1.165) is 18.2 Å². The quantitative estimate of drug-likeness (QED) is 0.513. The number of ether oxygens (including phenoxy) is 3. The Labute approximate surface area is 207 Å². The maximum atomic E-state index is 13.5. The van der Waals surface area contributed by atoms with Crippen LogP contribution in [0.5, 0.6) is 5.75 Å². The molecule has 0 spiro atoms. The SMILES string of the molecule is COCC12CC(n3cc4cc(C(=O)Nc5cccn([C@H]6C[C@@H]6F)c5=O)c(OC(C)C)cc4n3)(CO1)C2. The molecule has 1 N–H and O–H groups in total. The van der Waals surface area contributed by atoms with E-state index in [1.807, 2.05) is 24.7 Å². The molecule has 2 aliphatic heterocycles. The summed E-state index contributed by atoms with van der Waals surface area (Å²) >= 11 is 0. The number of halogens is 1. The lowest BCUT2D eigenvalue weighted by Gasteiger charge is -2.43. The number of nitrogens with one attached hydrogen (secondary N) is 1. The Morgan fingerprint density at radius 2 is 2.14 bits per heavy atom. The van der Waals surface area contributed by atoms with Crippen LogP contribution in [0.3, 0.4) is 0 Å². The zero-order valence-electron chi connectivity index (χ0n) is 20.5. The molecule has 2 aliphatic carbocycles. The van der Waals surface area contributed by atoms with Crippen molar-refractivity contribution in [1.29, 1.82) is 0 Å². The van der Waals surface area contributed by atoms with Gasteiger partial charge in [0, 0.05) is 50.2 Å². The van der Waals surface area contributed by atoms with Gasteiger partial charge in [0.05, 0.1) is 47.6 Å². The number of carbonyl (C=O) groups excluding carboxylic acids is 1. The zero-order chi connectivity index (χ0) is 25.2. The molecule has 190 valence electrons. The summed E-state index contributed by atoms with van der Waals surface area (Å²) < 4.78 is 34.1. The maximum Gasteiger partial charge on any atom is 0.274 e. The number of fused-ring (bicyclic) bond motifs is 2. The van der Waals surface area contributed by atoms with Crippen molar-refractivity contribution in [2.75, 3.05) is 25.6 Å². The molecule has 2 atom stereocenters. The highest BCUT2D eigenvalue weighted by molar-refractivity contribution is 6.08. The van der Waals surface area contributed by atoms with Crippen molar-refractivity contribution in [3.63, 3.8) is 0 Å². The predicted octanol–water partition coefficient (Wildman–Crippen LogP) is 3.42. The Hall–Kier alpha value is -3.24. The number of carbonyl (C=O) groups is 1. The Kier molecular flexibility index (Phi) is 5.24. The molecule has 7 rings (SSSR count). The van der Waals surface area contributed by atoms with Crippen LogP contribution in [0.1, 0.15) is 49.5 Å². The first kappa shape index (κ1) is 23.2. The zero-order valence-corrected chi connectivity index (χ0v) is 20.5. The molecule has 1 aromatic carbocycles. The van der Waals surface area contributed by atoms with Crippen molar-refractivity contribution >= 4 is 22.5 Å². The normalized spacial score (nSPS) is 28.4. The molecule has 36 heavy (non-hydrogen) atoms. The molecule has 4 fully saturated rings. The number of hydrogen-bond acceptors (Lipinski definition) is 6. The monoisotopic (exact) mass is 496 g/mol. The third kappa shape index (κ3) is 3.70. The van der Waals surface area contributed by atoms with E-state index in [1.165, 1.54) is 10.6 Å². The van der Waals surface area contributed by atoms with Crippen molar-refractivity contribution in [2.45, 2.75) is 62.6 Å². The van der Waals surface area contributed by atoms with Gasteiger partial charge in [0.25, 0.3) is 11.5 Å². The van der Waals surface area contributed by atoms with Crippen LogP contribution >= 0.6 is 0 Å². The van der Waals surface area contributed by atoms with E-state index >= 15 is 0 Å². The Morgan fingerprint density at radius 3 is 2.83 bits per heavy atom. The van der Waals surface area contributed by atoms with Crippen molar-refractivity contribution in [1.82, 2.24) is 14.3 Å². The van der Waals surface area contributed by atoms with Gasteiger partial charge in [-0.25, -0.2) is 4.39 Å². The molecule has 3 aromatic rings. The second kappa shape index (κ2) is 8.14. The second-order valence-electron chi connectivity index (χ2n) is 10.5. The van der Waals surface area contributed by atoms with Crippen molar-refractivity contribution in [3.8, 4) is 5.75 Å². The van der Waals surface area contributed by atoms with Crippen LogP contribution < -0.4 is 15.6 Å². The van der Waals surface area contributed by atoms with Gasteiger partial charge in [0.2, 0.25) is 0 Å². The van der Waals surface area contributed by atoms with E-state index in [2.05, 4.69) is 5.32 Å². The predicted molar refractivity (Wildman–Crippen MR) is 130 cm³/mol. The van der Waals surface area contributed by atoms with Gasteiger partial charge >= 0.3 is 0 Å². The van der Waals surface area contributed by atoms with Crippen LogP contribution in [0.4, 0.5) is 10.1 Å². The van der Waals surface area contributed by atoms with Gasteiger partial charge < -0.3 is 24.1 Å². The fourth-order valence-electron chi connectivity index (χ4n) is 5.59. The van der Waals surface area contributed by atoms with Crippen LogP contribution in [0.15, 0.2) is 41.5 Å². The van der Waals surface area contributed by atoms with Crippen LogP contribution in [0, 0.1) is 0 Å². The third-order valence-corrected chi connectivity index (χ3v) is 7.32. The lowest BCUT2D eigenvalue weighted by Crippen LogP contribution is -2.53. The Balaban J connectivity index is 1.32. The highest BCUT2D eigenvalue weighted by Gasteiger charge is 2.64. The number of aromatic nitrogens is 3. The third-order valence-electron chi connectivity index (χ3n) is 7.32. The Morgan fingerprint density at radius 1 is 1.36 bits per heavy atom. The van der Waals surface area contributed by atoms with Gasteiger partial charge in [0.1, 0.15) is 17.6 Å². The van der Waals surface area contributed by atoms with Gasteiger partial charge in [-0.15, -0.1) is 0 Å². The van der Waals surface area contributed by atoms with Gasteiger partial charge in [-0.3, -0.25) is 14.3 Å². The number of amides is 1. The molecule has 10 heteroatoms. The lowest BCUT2D eigenvalue weighted by atomic mass is 9.69. The molecule has 4 aliphatic rings. The maximum absolute atomic E-state index is 13.5. The van der Waals surface area contributed by atoms with E-state index < -0.39 is 23.7 Å². The Bertz CT molecular complexity index is 1410. The minimum atomic E-state index is -1.03. The fraction of sp³-hybridized carbons (Fsp3) is 0.500. The van der Waals surface area contributed by atoms with Crippen molar-refractivity contribution < 1.29 is 23.4 Å². The summed E-state index contributed by atoms with van der Waals surface area (Å²) in [5.41, 5.74) is 0.209. The number of pyridine rings is 1. The molecule has 4 heterocycles. The van der Waals surface area contributed by atoms with E-state index in [-0.39, 0.29) is 22.9 Å². The van der Waals surface area contributed by atoms with Crippen molar-refractivity contribution in [2.24, 2.45) is 0 Å². The standard InChI is InChI=1S/C26H29FN4O5/c1-15(2)36-22-9-20-16(10-31(29-20)25-11-26(12-25,14-34-3)35-13-25)7-17(22)23(32)28-19-5-4-6-30(24(19)33)21-8-18(21)27/h4-7,9-10,15,18,21H,8,11-14H2,1-3H3,(H,28,32)/t18-,21-,25?,26?/m0/s1. The van der Waals surface area contributed by atoms with Gasteiger partial charge in [-0.05, 0) is 32.0 Å². The average Bonchev–Trinajstić information content (AvgIpc) is 3.13. The first-order valence-electron chi connectivity index (χ1n) is 12.2. The first-order chi connectivity index (χ1) is 17.2. The summed E-state index contributed by atoms with van der Waals surface area (Å²) in [5.74, 6) is -0.0992. The largest absolute Gasteiger partial charge is 0.490 e. The summed E-state index contributed by atoms with van der Waals surface area (Å²) in [6.45, 7) is 4.87. The lowest BCUT2D eigenvalue weighted by molar-refractivity contribution is -0.0694. The van der Waals surface area contributed by atoms with Crippen LogP contribution in [0.25, 0.3) is 10.9 Å². The van der Waals surface area contributed by atoms with E-state index in [9.17, 15) is 14.0 Å². The molecule has 2 saturated carbocycles. The minimum Gasteiger partial charge on any atom is -0.490 e. The summed E-state index contributed by atoms with van der Waals surface area (Å²) in [6.07, 6.45) is 4.23. The molecule has 0 unspecified atom stereocenters. The molecule has 9 nitrogen and oxygen atoms in total. The highest BCUT2D eigenvalue weighted by atomic mass is 19.1. The van der Waals surface area contributed by atoms with Gasteiger partial charge in [-0.1, -0.05) is 0 Å². The molecular formula is C26H29FN4O5. The number of rotatable bonds is 8. The molecule has 1 amide bonds. The molecule has 2 aromatic heterocycles. The number of methoxy groups -OCH3 is 1. The van der Waals surface area contributed by atoms with E-state index in [4.69, 9.17) is 19.3 Å². The van der Waals surface area contributed by atoms with Gasteiger partial charge in [-0.2, -0.15) is 5.10 Å². The number of nitrogens with zero attached hydrogens (tertiary/aromatic N) is 3. The summed E-state index contributed by atoms with van der Waals surface area (Å²) in [7, 11) is 1.68. The van der Waals surface area contributed by atoms with E-state index in [0.29, 0.717) is 36.5 Å². The van der Waals surface area contributed by atoms with E-state index in [1.54, 1.807) is 31.5 Å². The average molecular weight is 497 g/mol. The minimum absolute atomic E-state index is 0.0961. The number of alkyl halides is 1. The molecule has 0 radical (unpaired) electrons. The molecular weight excluding hydrogens is 467 g/mol. The smallest absolute Gasteiger partial charge is 0.274 e. The fourth-order valence-corrected chi connectivity index (χ4v) is 5.59. The van der Waals surface area contributed by atoms with Gasteiger partial charge in [0.15, 0.2) is 0 Å². The van der Waals surface area contributed by atoms with Crippen molar-refractivity contribution in [3.05, 3.63) is 52.6 Å². The van der Waals surface area contributed by atoms with Crippen LogP contribution in [-0.4, -0.2) is 58.5 Å². The number of hydrogen-bond donors (Lipinski definition) is 1. The molecule has 2 bridgehead atoms. The summed E-state index contributed by atoms with van der Waals surface area (Å²) in [4.78, 5) is 26.2. The topological polar surface area (TPSA) is 96.6 Å². The first-order valence-corrected chi connectivity index (χ1v) is 12.2. The van der Waals surface area contributed by atoms with Crippen LogP contribution in [-0.2, 0) is 15.0 Å². The summed E-state index contributed by atoms with van der Waals surface area (Å²) in [5, 5.41) is 8.29. The number of anilines is 1. The highest BCUT2D eigenvalue weighted by Crippen LogP contribution is 2.56. The number of benzene rings is 1. The second-order valence-corrected chi connectivity index (χ2v) is 10.5.